The van der Waals surface area contributed by atoms with Gasteiger partial charge >= 0.3 is 5.97 Å². The van der Waals surface area contributed by atoms with Crippen LogP contribution in [-0.2, 0) is 14.0 Å². The summed E-state index contributed by atoms with van der Waals surface area (Å²) in [7, 11) is -0.559. The second kappa shape index (κ2) is 11.2. The number of ether oxygens (including phenoxy) is 1. The average Bonchev–Trinajstić information content (AvgIpc) is 2.62. The lowest BCUT2D eigenvalue weighted by Gasteiger charge is -2.42. The first kappa shape index (κ1) is 25.0. The van der Waals surface area contributed by atoms with Crippen LogP contribution in [0.4, 0.5) is 0 Å². The normalized spacial score (nSPS) is 24.9. The summed E-state index contributed by atoms with van der Waals surface area (Å²) in [5.74, 6) is 0.740. The monoisotopic (exact) mass is 408 g/mol. The minimum atomic E-state index is -2.07. The zero-order valence-electron chi connectivity index (χ0n) is 19.4. The molecule has 0 radical (unpaired) electrons. The van der Waals surface area contributed by atoms with Crippen LogP contribution < -0.4 is 0 Å². The van der Waals surface area contributed by atoms with Gasteiger partial charge in [0.1, 0.15) is 5.41 Å². The van der Waals surface area contributed by atoms with Crippen molar-refractivity contribution in [3.05, 3.63) is 24.5 Å². The van der Waals surface area contributed by atoms with Gasteiger partial charge in [-0.1, -0.05) is 65.4 Å². The fourth-order valence-electron chi connectivity index (χ4n) is 3.67. The molecule has 28 heavy (non-hydrogen) atoms. The van der Waals surface area contributed by atoms with Gasteiger partial charge in [-0.15, -0.1) is 6.58 Å². The lowest BCUT2D eigenvalue weighted by atomic mass is 9.76. The number of carbonyl (C=O) groups is 1. The summed E-state index contributed by atoms with van der Waals surface area (Å²) in [6, 6.07) is 0. The first-order valence-corrected chi connectivity index (χ1v) is 14.1. The molecular weight excluding hydrogens is 364 g/mol. The Bertz CT molecular complexity index is 530. The van der Waals surface area contributed by atoms with Crippen LogP contribution in [0.2, 0.25) is 18.1 Å². The number of esters is 1. The Kier molecular flexibility index (Phi) is 10.0. The maximum absolute atomic E-state index is 13.2. The van der Waals surface area contributed by atoms with Gasteiger partial charge in [0.15, 0.2) is 0 Å². The number of methoxy groups -OCH3 is 1. The van der Waals surface area contributed by atoms with Crippen molar-refractivity contribution in [1.29, 1.82) is 0 Å². The predicted molar refractivity (Wildman–Crippen MR) is 122 cm³/mol. The number of hydrogen-bond donors (Lipinski definition) is 0. The Labute approximate surface area is 175 Å². The molecule has 0 heterocycles. The zero-order valence-corrected chi connectivity index (χ0v) is 20.4. The molecule has 0 aromatic carbocycles. The van der Waals surface area contributed by atoms with Crippen LogP contribution >= 0.6 is 0 Å². The lowest BCUT2D eigenvalue weighted by molar-refractivity contribution is -0.153. The van der Waals surface area contributed by atoms with Crippen molar-refractivity contribution >= 4 is 14.3 Å². The van der Waals surface area contributed by atoms with Crippen molar-refractivity contribution in [3.8, 4) is 0 Å². The van der Waals surface area contributed by atoms with E-state index in [1.807, 2.05) is 6.08 Å². The summed E-state index contributed by atoms with van der Waals surface area (Å²) < 4.78 is 12.2. The molecule has 0 aromatic rings. The van der Waals surface area contributed by atoms with Gasteiger partial charge in [-0.05, 0) is 56.3 Å². The van der Waals surface area contributed by atoms with E-state index in [1.165, 1.54) is 39.2 Å². The highest BCUT2D eigenvalue weighted by Crippen LogP contribution is 2.46. The molecule has 1 aliphatic rings. The highest BCUT2D eigenvalue weighted by atomic mass is 28.4. The van der Waals surface area contributed by atoms with Gasteiger partial charge in [0.05, 0.1) is 12.9 Å². The summed E-state index contributed by atoms with van der Waals surface area (Å²) in [5, 5.41) is 0.0812. The minimum absolute atomic E-state index is 0.0812. The van der Waals surface area contributed by atoms with Crippen molar-refractivity contribution in [2.24, 2.45) is 5.41 Å². The van der Waals surface area contributed by atoms with E-state index in [0.29, 0.717) is 6.42 Å². The van der Waals surface area contributed by atoms with E-state index in [2.05, 4.69) is 46.5 Å². The van der Waals surface area contributed by atoms with Crippen molar-refractivity contribution in [1.82, 2.24) is 0 Å². The molecule has 0 amide bonds. The Morgan fingerprint density at radius 1 is 1.14 bits per heavy atom. The van der Waals surface area contributed by atoms with E-state index < -0.39 is 13.7 Å². The third-order valence-corrected chi connectivity index (χ3v) is 11.0. The fraction of sp³-hybridized carbons (Fsp3) is 0.792. The van der Waals surface area contributed by atoms with E-state index in [-0.39, 0.29) is 11.0 Å². The van der Waals surface area contributed by atoms with E-state index in [1.54, 1.807) is 0 Å². The Morgan fingerprint density at radius 2 is 1.71 bits per heavy atom. The molecular formula is C24H44O3Si. The summed E-state index contributed by atoms with van der Waals surface area (Å²) in [6.07, 6.45) is 15.9. The third kappa shape index (κ3) is 6.79. The van der Waals surface area contributed by atoms with Crippen molar-refractivity contribution in [3.63, 3.8) is 0 Å². The molecule has 4 heteroatoms. The molecule has 1 rings (SSSR count). The molecule has 0 bridgehead atoms. The quantitative estimate of drug-likeness (QED) is 0.259. The van der Waals surface area contributed by atoms with Crippen molar-refractivity contribution in [2.75, 3.05) is 7.11 Å². The van der Waals surface area contributed by atoms with Crippen LogP contribution in [-0.4, -0.2) is 21.4 Å². The lowest BCUT2D eigenvalue weighted by Crippen LogP contribution is -2.45. The van der Waals surface area contributed by atoms with Gasteiger partial charge < -0.3 is 9.16 Å². The smallest absolute Gasteiger partial charge is 0.319 e. The molecule has 0 fully saturated rings. The molecule has 1 atom stereocenters. The Morgan fingerprint density at radius 3 is 2.25 bits per heavy atom. The van der Waals surface area contributed by atoms with Crippen molar-refractivity contribution < 1.29 is 14.0 Å². The highest BCUT2D eigenvalue weighted by molar-refractivity contribution is 6.74. The average molecular weight is 409 g/mol. The summed E-state index contributed by atoms with van der Waals surface area (Å²) in [6.45, 7) is 15.2. The topological polar surface area (TPSA) is 35.5 Å². The van der Waals surface area contributed by atoms with Gasteiger partial charge in [-0.3, -0.25) is 4.79 Å². The molecule has 0 aromatic heterocycles. The minimum Gasteiger partial charge on any atom is -0.546 e. The molecule has 0 aliphatic heterocycles. The van der Waals surface area contributed by atoms with Gasteiger partial charge in [-0.2, -0.15) is 0 Å². The first-order valence-electron chi connectivity index (χ1n) is 11.2. The fourth-order valence-corrected chi connectivity index (χ4v) is 4.81. The first-order chi connectivity index (χ1) is 13.1. The molecule has 0 spiro atoms. The van der Waals surface area contributed by atoms with E-state index in [4.69, 9.17) is 9.16 Å². The predicted octanol–water partition coefficient (Wildman–Crippen LogP) is 7.54. The van der Waals surface area contributed by atoms with E-state index in [0.717, 1.165) is 37.9 Å². The van der Waals surface area contributed by atoms with Crippen molar-refractivity contribution in [2.45, 2.75) is 110 Å². The van der Waals surface area contributed by atoms with Crippen LogP contribution in [0, 0.1) is 5.41 Å². The van der Waals surface area contributed by atoms with E-state index >= 15 is 0 Å². The molecule has 0 saturated heterocycles. The van der Waals surface area contributed by atoms with Crippen LogP contribution in [0.25, 0.3) is 0 Å². The Balaban J connectivity index is 3.40. The molecule has 1 unspecified atom stereocenters. The maximum atomic E-state index is 13.2. The molecule has 162 valence electrons. The summed E-state index contributed by atoms with van der Waals surface area (Å²) in [4.78, 5) is 13.2. The summed E-state index contributed by atoms with van der Waals surface area (Å²) >= 11 is 0. The van der Waals surface area contributed by atoms with Crippen LogP contribution in [0.5, 0.6) is 0 Å². The Hall–Kier alpha value is -1.03. The molecule has 0 N–H and O–H groups in total. The maximum Gasteiger partial charge on any atom is 0.319 e. The number of carbonyl (C=O) groups excluding carboxylic acids is 1. The van der Waals surface area contributed by atoms with Crippen LogP contribution in [0.3, 0.4) is 0 Å². The van der Waals surface area contributed by atoms with Gasteiger partial charge in [0.2, 0.25) is 8.32 Å². The second-order valence-corrected chi connectivity index (χ2v) is 14.6. The standard InChI is InChI=1S/C24H44O3Si/c1-8-9-19-24(22(25)26-5)20-17-15-13-11-10-12-14-16-18-21(24)27-28(6,7)23(2,3)4/h8,18H,1,9-17,19-20H2,2-7H3/b21-18+. The molecule has 1 aliphatic carbocycles. The second-order valence-electron chi connectivity index (χ2n) is 9.85. The largest absolute Gasteiger partial charge is 0.546 e. The number of allylic oxidation sites excluding steroid dienone is 2. The van der Waals surface area contributed by atoms with Gasteiger partial charge in [0.25, 0.3) is 0 Å². The number of rotatable bonds is 6. The van der Waals surface area contributed by atoms with Gasteiger partial charge in [-0.25, -0.2) is 0 Å². The molecule has 3 nitrogen and oxygen atoms in total. The van der Waals surface area contributed by atoms with Crippen LogP contribution in [0.15, 0.2) is 24.5 Å². The number of hydrogen-bond acceptors (Lipinski definition) is 3. The SMILES string of the molecule is C=CCCC1(C(=O)OC)CCCCCCCCC/C=C\1O[Si](C)(C)C(C)(C)C. The zero-order chi connectivity index (χ0) is 21.3. The van der Waals surface area contributed by atoms with Gasteiger partial charge in [0, 0.05) is 0 Å². The summed E-state index contributed by atoms with van der Waals surface area (Å²) in [5.41, 5.74) is -0.683. The van der Waals surface area contributed by atoms with Crippen LogP contribution in [0.1, 0.15) is 91.4 Å². The highest BCUT2D eigenvalue weighted by Gasteiger charge is 2.48. The molecule has 0 saturated carbocycles. The van der Waals surface area contributed by atoms with E-state index in [9.17, 15) is 4.79 Å². The third-order valence-electron chi connectivity index (χ3n) is 6.63.